The number of amides is 3. The molecule has 9 heteroatoms. The Morgan fingerprint density at radius 2 is 1.56 bits per heavy atom. The largest absolute Gasteiger partial charge is 0.368 e. The molecule has 0 aromatic heterocycles. The number of piperazine rings is 1. The Morgan fingerprint density at radius 3 is 2.12 bits per heavy atom. The minimum absolute atomic E-state index is 0.176. The van der Waals surface area contributed by atoms with Gasteiger partial charge in [0.1, 0.15) is 0 Å². The summed E-state index contributed by atoms with van der Waals surface area (Å²) < 4.78 is 0. The van der Waals surface area contributed by atoms with Gasteiger partial charge in [-0.25, -0.2) is 4.79 Å². The molecular weight excluding hydrogens is 449 g/mol. The molecule has 1 saturated heterocycles. The van der Waals surface area contributed by atoms with Crippen LogP contribution in [0.2, 0.25) is 10.0 Å². The van der Waals surface area contributed by atoms with E-state index in [2.05, 4.69) is 15.5 Å². The van der Waals surface area contributed by atoms with Crippen molar-refractivity contribution in [2.24, 2.45) is 11.7 Å². The number of halogens is 2. The molecule has 0 aliphatic carbocycles. The van der Waals surface area contributed by atoms with E-state index in [9.17, 15) is 9.59 Å². The van der Waals surface area contributed by atoms with Gasteiger partial charge in [0.25, 0.3) is 0 Å². The highest BCUT2D eigenvalue weighted by Gasteiger charge is 2.23. The molecule has 2 aromatic carbocycles. The third-order valence-corrected chi connectivity index (χ3v) is 5.95. The first-order valence-electron chi connectivity index (χ1n) is 10.7. The van der Waals surface area contributed by atoms with Crippen LogP contribution < -0.4 is 21.3 Å². The first kappa shape index (κ1) is 24.2. The molecule has 1 unspecified atom stereocenters. The highest BCUT2D eigenvalue weighted by atomic mass is 35.5. The predicted octanol–water partition coefficient (Wildman–Crippen LogP) is 4.66. The molecule has 0 spiro atoms. The van der Waals surface area contributed by atoms with Crippen LogP contribution >= 0.6 is 23.2 Å². The van der Waals surface area contributed by atoms with E-state index in [1.165, 1.54) is 0 Å². The maximum Gasteiger partial charge on any atom is 0.322 e. The van der Waals surface area contributed by atoms with Crippen LogP contribution in [-0.4, -0.2) is 49.1 Å². The van der Waals surface area contributed by atoms with Gasteiger partial charge in [0.2, 0.25) is 5.91 Å². The van der Waals surface area contributed by atoms with E-state index in [-0.39, 0.29) is 11.9 Å². The van der Waals surface area contributed by atoms with Gasteiger partial charge in [-0.15, -0.1) is 0 Å². The van der Waals surface area contributed by atoms with Crippen LogP contribution in [0.5, 0.6) is 0 Å². The molecule has 0 bridgehead atoms. The quantitative estimate of drug-likeness (QED) is 0.564. The summed E-state index contributed by atoms with van der Waals surface area (Å²) in [7, 11) is 0. The van der Waals surface area contributed by atoms with Crippen LogP contribution in [0.15, 0.2) is 42.5 Å². The van der Waals surface area contributed by atoms with Crippen molar-refractivity contribution in [2.75, 3.05) is 41.7 Å². The Kier molecular flexibility index (Phi) is 8.23. The second kappa shape index (κ2) is 10.9. The van der Waals surface area contributed by atoms with Gasteiger partial charge in [-0.3, -0.25) is 4.79 Å². The molecule has 32 heavy (non-hydrogen) atoms. The molecule has 3 amide bonds. The lowest BCUT2D eigenvalue weighted by atomic mass is 10.0. The van der Waals surface area contributed by atoms with Crippen LogP contribution in [0, 0.1) is 5.92 Å². The molecule has 1 heterocycles. The van der Waals surface area contributed by atoms with Crippen LogP contribution in [0.25, 0.3) is 0 Å². The summed E-state index contributed by atoms with van der Waals surface area (Å²) in [5.41, 5.74) is 8.11. The number of carbonyl (C=O) groups excluding carboxylic acids is 2. The summed E-state index contributed by atoms with van der Waals surface area (Å²) >= 11 is 12.3. The summed E-state index contributed by atoms with van der Waals surface area (Å²) in [6, 6.07) is 12.0. The zero-order valence-corrected chi connectivity index (χ0v) is 19.8. The summed E-state index contributed by atoms with van der Waals surface area (Å²) in [6.45, 7) is 6.59. The second-order valence-corrected chi connectivity index (χ2v) is 9.09. The standard InChI is InChI=1S/C23H29Cl2N5O2/c1-15(2)14-20(26)22(31)27-16-6-8-17(9-7-16)29-10-12-30(13-11-29)23(32)28-21-18(24)4-3-5-19(21)25/h3-9,15,20H,10-14,26H2,1-2H3,(H,27,31)(H,28,32). The first-order chi connectivity index (χ1) is 15.2. The van der Waals surface area contributed by atoms with Gasteiger partial charge in [0.05, 0.1) is 21.8 Å². The van der Waals surface area contributed by atoms with Crippen molar-refractivity contribution in [1.82, 2.24) is 4.90 Å². The Labute approximate surface area is 198 Å². The van der Waals surface area contributed by atoms with Crippen LogP contribution in [-0.2, 0) is 4.79 Å². The monoisotopic (exact) mass is 477 g/mol. The highest BCUT2D eigenvalue weighted by Crippen LogP contribution is 2.30. The molecule has 0 saturated carbocycles. The average molecular weight is 478 g/mol. The molecule has 1 atom stereocenters. The van der Waals surface area contributed by atoms with Gasteiger partial charge in [-0.05, 0) is 48.7 Å². The lowest BCUT2D eigenvalue weighted by Crippen LogP contribution is -2.50. The zero-order valence-electron chi connectivity index (χ0n) is 18.3. The SMILES string of the molecule is CC(C)CC(N)C(=O)Nc1ccc(N2CCN(C(=O)Nc3c(Cl)cccc3Cl)CC2)cc1. The molecule has 1 fully saturated rings. The molecule has 2 aromatic rings. The van der Waals surface area contributed by atoms with Crippen LogP contribution in [0.4, 0.5) is 21.9 Å². The van der Waals surface area contributed by atoms with Crippen molar-refractivity contribution in [3.05, 3.63) is 52.5 Å². The van der Waals surface area contributed by atoms with Gasteiger partial charge < -0.3 is 26.2 Å². The number of hydrogen-bond acceptors (Lipinski definition) is 4. The van der Waals surface area contributed by atoms with E-state index in [4.69, 9.17) is 28.9 Å². The highest BCUT2D eigenvalue weighted by molar-refractivity contribution is 6.39. The molecular formula is C23H29Cl2N5O2. The number of hydrogen-bond donors (Lipinski definition) is 3. The van der Waals surface area contributed by atoms with Gasteiger partial charge >= 0.3 is 6.03 Å². The molecule has 7 nitrogen and oxygen atoms in total. The Balaban J connectivity index is 1.51. The number of para-hydroxylation sites is 1. The fraction of sp³-hybridized carbons (Fsp3) is 0.391. The van der Waals surface area contributed by atoms with E-state index in [1.807, 2.05) is 38.1 Å². The van der Waals surface area contributed by atoms with Crippen molar-refractivity contribution >= 4 is 52.2 Å². The molecule has 4 N–H and O–H groups in total. The van der Waals surface area contributed by atoms with Gasteiger partial charge in [-0.1, -0.05) is 43.1 Å². The Hall–Kier alpha value is -2.48. The fourth-order valence-electron chi connectivity index (χ4n) is 3.58. The maximum atomic E-state index is 12.6. The molecule has 1 aliphatic rings. The number of nitrogens with zero attached hydrogens (tertiary/aromatic N) is 2. The number of rotatable bonds is 6. The first-order valence-corrected chi connectivity index (χ1v) is 11.4. The zero-order chi connectivity index (χ0) is 23.3. The minimum Gasteiger partial charge on any atom is -0.368 e. The van der Waals surface area contributed by atoms with Crippen molar-refractivity contribution in [1.29, 1.82) is 0 Å². The van der Waals surface area contributed by atoms with E-state index >= 15 is 0 Å². The van der Waals surface area contributed by atoms with Crippen molar-refractivity contribution in [3.8, 4) is 0 Å². The topological polar surface area (TPSA) is 90.7 Å². The summed E-state index contributed by atoms with van der Waals surface area (Å²) in [6.07, 6.45) is 0.643. The Morgan fingerprint density at radius 1 is 0.969 bits per heavy atom. The third-order valence-electron chi connectivity index (χ3n) is 5.32. The van der Waals surface area contributed by atoms with E-state index < -0.39 is 6.04 Å². The minimum atomic E-state index is -0.519. The van der Waals surface area contributed by atoms with E-state index in [0.29, 0.717) is 59.9 Å². The van der Waals surface area contributed by atoms with Crippen molar-refractivity contribution in [2.45, 2.75) is 26.3 Å². The van der Waals surface area contributed by atoms with Crippen molar-refractivity contribution < 1.29 is 9.59 Å². The number of nitrogens with two attached hydrogens (primary N) is 1. The summed E-state index contributed by atoms with van der Waals surface area (Å²) in [5, 5.41) is 6.48. The van der Waals surface area contributed by atoms with Crippen LogP contribution in [0.3, 0.4) is 0 Å². The molecule has 1 aliphatic heterocycles. The normalized spacial score (nSPS) is 14.9. The number of anilines is 3. The maximum absolute atomic E-state index is 12.6. The fourth-order valence-corrected chi connectivity index (χ4v) is 4.07. The number of benzene rings is 2. The molecule has 0 radical (unpaired) electrons. The van der Waals surface area contributed by atoms with Gasteiger partial charge in [0, 0.05) is 37.6 Å². The number of nitrogens with one attached hydrogen (secondary N) is 2. The number of urea groups is 1. The van der Waals surface area contributed by atoms with Gasteiger partial charge in [0.15, 0.2) is 0 Å². The third kappa shape index (κ3) is 6.28. The van der Waals surface area contributed by atoms with Crippen molar-refractivity contribution in [3.63, 3.8) is 0 Å². The van der Waals surface area contributed by atoms with Gasteiger partial charge in [-0.2, -0.15) is 0 Å². The average Bonchev–Trinajstić information content (AvgIpc) is 2.76. The summed E-state index contributed by atoms with van der Waals surface area (Å²) in [4.78, 5) is 28.7. The Bertz CT molecular complexity index is 924. The predicted molar refractivity (Wildman–Crippen MR) is 132 cm³/mol. The number of carbonyl (C=O) groups is 2. The molecule has 172 valence electrons. The molecule has 3 rings (SSSR count). The van der Waals surface area contributed by atoms with E-state index in [0.717, 1.165) is 5.69 Å². The lowest BCUT2D eigenvalue weighted by Gasteiger charge is -2.36. The van der Waals surface area contributed by atoms with E-state index in [1.54, 1.807) is 23.1 Å². The van der Waals surface area contributed by atoms with Crippen LogP contribution in [0.1, 0.15) is 20.3 Å². The summed E-state index contributed by atoms with van der Waals surface area (Å²) in [5.74, 6) is 0.185. The lowest BCUT2D eigenvalue weighted by molar-refractivity contribution is -0.117. The smallest absolute Gasteiger partial charge is 0.322 e. The second-order valence-electron chi connectivity index (χ2n) is 8.27.